The van der Waals surface area contributed by atoms with Crippen LogP contribution in [0, 0.1) is 12.8 Å². The number of piperazine rings is 1. The van der Waals surface area contributed by atoms with Gasteiger partial charge in [-0.1, -0.05) is 43.7 Å². The Bertz CT molecular complexity index is 725. The van der Waals surface area contributed by atoms with Crippen molar-refractivity contribution in [3.63, 3.8) is 0 Å². The van der Waals surface area contributed by atoms with Crippen molar-refractivity contribution in [2.24, 2.45) is 5.92 Å². The third kappa shape index (κ3) is 4.18. The van der Waals surface area contributed by atoms with Crippen LogP contribution in [-0.4, -0.2) is 45.8 Å². The number of benzene rings is 1. The highest BCUT2D eigenvalue weighted by atomic mass is 32.1. The molecule has 2 aromatic rings. The number of carbonyl (C=O) groups excluding carboxylic acids is 1. The molecule has 134 valence electrons. The molecule has 6 heteroatoms. The van der Waals surface area contributed by atoms with Crippen LogP contribution in [-0.2, 0) is 11.2 Å². The lowest BCUT2D eigenvalue weighted by atomic mass is 10.1. The van der Waals surface area contributed by atoms with E-state index in [1.54, 1.807) is 0 Å². The van der Waals surface area contributed by atoms with Gasteiger partial charge in [-0.3, -0.25) is 4.79 Å². The molecule has 3 rings (SSSR count). The maximum atomic E-state index is 12.3. The molecule has 1 saturated heterocycles. The van der Waals surface area contributed by atoms with Gasteiger partial charge in [-0.15, -0.1) is 0 Å². The van der Waals surface area contributed by atoms with Crippen LogP contribution in [0.4, 0.5) is 5.13 Å². The Morgan fingerprint density at radius 1 is 1.28 bits per heavy atom. The minimum atomic E-state index is 0.0524. The average Bonchev–Trinajstić information content (AvgIpc) is 3.04. The third-order valence-corrected chi connectivity index (χ3v) is 5.43. The second-order valence-electron chi connectivity index (χ2n) is 7.14. The maximum Gasteiger partial charge on any atom is 0.225 e. The molecule has 0 radical (unpaired) electrons. The number of aromatic nitrogens is 2. The standard InChI is InChI=1S/C19H26N4OS/c1-13(2)18(24)23-10-9-22(12-15(23)4)19-20-17(21-25-19)11-16-7-5-14(3)6-8-16/h5-8,13,15H,9-12H2,1-4H3/t15-/m0/s1. The molecule has 0 N–H and O–H groups in total. The molecule has 1 amide bonds. The van der Waals surface area contributed by atoms with E-state index in [4.69, 9.17) is 4.98 Å². The first-order valence-corrected chi connectivity index (χ1v) is 9.65. The van der Waals surface area contributed by atoms with Gasteiger partial charge >= 0.3 is 0 Å². The van der Waals surface area contributed by atoms with E-state index in [1.807, 2.05) is 18.7 Å². The molecule has 25 heavy (non-hydrogen) atoms. The molecule has 0 aliphatic carbocycles. The normalized spacial score (nSPS) is 18.0. The van der Waals surface area contributed by atoms with Gasteiger partial charge < -0.3 is 9.80 Å². The van der Waals surface area contributed by atoms with Crippen LogP contribution in [0.25, 0.3) is 0 Å². The number of anilines is 1. The summed E-state index contributed by atoms with van der Waals surface area (Å²) in [6, 6.07) is 8.71. The maximum absolute atomic E-state index is 12.3. The van der Waals surface area contributed by atoms with Crippen molar-refractivity contribution in [1.29, 1.82) is 0 Å². The van der Waals surface area contributed by atoms with Gasteiger partial charge in [-0.05, 0) is 19.4 Å². The van der Waals surface area contributed by atoms with Gasteiger partial charge in [-0.2, -0.15) is 4.37 Å². The Morgan fingerprint density at radius 3 is 2.64 bits per heavy atom. The fourth-order valence-corrected chi connectivity index (χ4v) is 3.84. The van der Waals surface area contributed by atoms with Crippen LogP contribution in [0.1, 0.15) is 37.7 Å². The van der Waals surface area contributed by atoms with E-state index in [9.17, 15) is 4.79 Å². The lowest BCUT2D eigenvalue weighted by Gasteiger charge is -2.40. The molecule has 0 saturated carbocycles. The smallest absolute Gasteiger partial charge is 0.225 e. The second-order valence-corrected chi connectivity index (χ2v) is 7.87. The molecular weight excluding hydrogens is 332 g/mol. The molecule has 5 nitrogen and oxygen atoms in total. The number of hydrogen-bond acceptors (Lipinski definition) is 5. The summed E-state index contributed by atoms with van der Waals surface area (Å²) >= 11 is 1.46. The average molecular weight is 359 g/mol. The highest BCUT2D eigenvalue weighted by molar-refractivity contribution is 7.09. The number of aryl methyl sites for hydroxylation is 1. The van der Waals surface area contributed by atoms with Gasteiger partial charge in [0.05, 0.1) is 0 Å². The fraction of sp³-hybridized carbons (Fsp3) is 0.526. The van der Waals surface area contributed by atoms with Crippen molar-refractivity contribution in [2.75, 3.05) is 24.5 Å². The second kappa shape index (κ2) is 7.52. The van der Waals surface area contributed by atoms with E-state index in [0.717, 1.165) is 37.0 Å². The number of nitrogens with zero attached hydrogens (tertiary/aromatic N) is 4. The molecule has 1 atom stereocenters. The molecule has 0 unspecified atom stereocenters. The zero-order chi connectivity index (χ0) is 18.0. The van der Waals surface area contributed by atoms with E-state index in [1.165, 1.54) is 22.7 Å². The number of carbonyl (C=O) groups is 1. The van der Waals surface area contributed by atoms with Gasteiger partial charge in [0.2, 0.25) is 11.0 Å². The van der Waals surface area contributed by atoms with Crippen molar-refractivity contribution in [1.82, 2.24) is 14.3 Å². The monoisotopic (exact) mass is 358 g/mol. The van der Waals surface area contributed by atoms with Gasteiger partial charge in [0, 0.05) is 49.5 Å². The van der Waals surface area contributed by atoms with E-state index < -0.39 is 0 Å². The summed E-state index contributed by atoms with van der Waals surface area (Å²) in [5, 5.41) is 0.964. The summed E-state index contributed by atoms with van der Waals surface area (Å²) in [4.78, 5) is 21.2. The van der Waals surface area contributed by atoms with Crippen LogP contribution in [0.2, 0.25) is 0 Å². The van der Waals surface area contributed by atoms with Crippen LogP contribution in [0.15, 0.2) is 24.3 Å². The van der Waals surface area contributed by atoms with Gasteiger partial charge in [0.25, 0.3) is 0 Å². The van der Waals surface area contributed by atoms with Crippen LogP contribution in [0.5, 0.6) is 0 Å². The van der Waals surface area contributed by atoms with Crippen LogP contribution < -0.4 is 4.90 Å². The topological polar surface area (TPSA) is 49.3 Å². The van der Waals surface area contributed by atoms with E-state index in [0.29, 0.717) is 0 Å². The summed E-state index contributed by atoms with van der Waals surface area (Å²) in [6.45, 7) is 10.5. The zero-order valence-corrected chi connectivity index (χ0v) is 16.2. The highest BCUT2D eigenvalue weighted by Gasteiger charge is 2.29. The molecular formula is C19H26N4OS. The Kier molecular flexibility index (Phi) is 5.37. The minimum absolute atomic E-state index is 0.0524. The van der Waals surface area contributed by atoms with Gasteiger partial charge in [-0.25, -0.2) is 4.98 Å². The summed E-state index contributed by atoms with van der Waals surface area (Å²) in [7, 11) is 0. The molecule has 0 spiro atoms. The quantitative estimate of drug-likeness (QED) is 0.842. The summed E-state index contributed by atoms with van der Waals surface area (Å²) in [5.41, 5.74) is 2.49. The first-order chi connectivity index (χ1) is 11.9. The van der Waals surface area contributed by atoms with Crippen LogP contribution >= 0.6 is 11.5 Å². The summed E-state index contributed by atoms with van der Waals surface area (Å²) < 4.78 is 4.52. The fourth-order valence-electron chi connectivity index (χ4n) is 3.12. The van der Waals surface area contributed by atoms with Crippen molar-refractivity contribution in [3.05, 3.63) is 41.2 Å². The molecule has 1 aliphatic rings. The molecule has 1 fully saturated rings. The van der Waals surface area contributed by atoms with Crippen LogP contribution in [0.3, 0.4) is 0 Å². The molecule has 1 aromatic heterocycles. The van der Waals surface area contributed by atoms with Crippen molar-refractivity contribution in [3.8, 4) is 0 Å². The summed E-state index contributed by atoms with van der Waals surface area (Å²) in [5.74, 6) is 1.17. The first kappa shape index (κ1) is 17.9. The Hall–Kier alpha value is -1.95. The Balaban J connectivity index is 1.63. The van der Waals surface area contributed by atoms with E-state index in [2.05, 4.69) is 47.4 Å². The lowest BCUT2D eigenvalue weighted by Crippen LogP contribution is -2.55. The highest BCUT2D eigenvalue weighted by Crippen LogP contribution is 2.23. The predicted octanol–water partition coefficient (Wildman–Crippen LogP) is 3.13. The molecule has 0 bridgehead atoms. The third-order valence-electron chi connectivity index (χ3n) is 4.62. The number of amides is 1. The molecule has 1 aliphatic heterocycles. The van der Waals surface area contributed by atoms with E-state index >= 15 is 0 Å². The minimum Gasteiger partial charge on any atom is -0.343 e. The Morgan fingerprint density at radius 2 is 2.00 bits per heavy atom. The predicted molar refractivity (Wildman–Crippen MR) is 102 cm³/mol. The number of rotatable bonds is 4. The van der Waals surface area contributed by atoms with Crippen molar-refractivity contribution >= 4 is 22.6 Å². The van der Waals surface area contributed by atoms with Gasteiger partial charge in [0.1, 0.15) is 5.82 Å². The zero-order valence-electron chi connectivity index (χ0n) is 15.4. The first-order valence-electron chi connectivity index (χ1n) is 8.87. The number of hydrogen-bond donors (Lipinski definition) is 0. The van der Waals surface area contributed by atoms with Crippen molar-refractivity contribution in [2.45, 2.75) is 40.2 Å². The summed E-state index contributed by atoms with van der Waals surface area (Å²) in [6.07, 6.45) is 0.762. The van der Waals surface area contributed by atoms with E-state index in [-0.39, 0.29) is 17.9 Å². The largest absolute Gasteiger partial charge is 0.343 e. The SMILES string of the molecule is Cc1ccc(Cc2nsc(N3CCN(C(=O)C(C)C)[C@@H](C)C3)n2)cc1. The van der Waals surface area contributed by atoms with Crippen molar-refractivity contribution < 1.29 is 4.79 Å². The molecule has 2 heterocycles. The Labute approximate surface area is 153 Å². The lowest BCUT2D eigenvalue weighted by molar-refractivity contribution is -0.136. The van der Waals surface area contributed by atoms with Gasteiger partial charge in [0.15, 0.2) is 0 Å². The molecule has 1 aromatic carbocycles.